The number of ketones is 1. The summed E-state index contributed by atoms with van der Waals surface area (Å²) in [5.74, 6) is 1.20. The van der Waals surface area contributed by atoms with Gasteiger partial charge in [-0.3, -0.25) is 10.2 Å². The molecule has 2 heterocycles. The van der Waals surface area contributed by atoms with E-state index in [1.807, 2.05) is 30.6 Å². The maximum atomic E-state index is 11.8. The lowest BCUT2D eigenvalue weighted by molar-refractivity contribution is -0.117. The molecule has 1 atom stereocenters. The Bertz CT molecular complexity index is 822. The van der Waals surface area contributed by atoms with Crippen LogP contribution in [0.1, 0.15) is 24.8 Å². The van der Waals surface area contributed by atoms with Gasteiger partial charge in [0.1, 0.15) is 5.78 Å². The number of carbonyl (C=O) groups is 1. The van der Waals surface area contributed by atoms with Crippen LogP contribution in [0.4, 0.5) is 5.95 Å². The van der Waals surface area contributed by atoms with Crippen LogP contribution >= 0.6 is 0 Å². The summed E-state index contributed by atoms with van der Waals surface area (Å²) in [4.78, 5) is 23.1. The number of nitrogens with zero attached hydrogens (tertiary/aromatic N) is 3. The van der Waals surface area contributed by atoms with E-state index in [9.17, 15) is 4.79 Å². The normalized spacial score (nSPS) is 16.3. The van der Waals surface area contributed by atoms with Crippen LogP contribution in [0.15, 0.2) is 36.7 Å². The molecule has 1 aliphatic rings. The largest absolute Gasteiger partial charge is 0.387 e. The van der Waals surface area contributed by atoms with Crippen molar-refractivity contribution in [3.8, 4) is 11.1 Å². The number of carbonyl (C=O) groups excluding carboxylic acids is 1. The van der Waals surface area contributed by atoms with Crippen molar-refractivity contribution in [3.63, 3.8) is 0 Å². The lowest BCUT2D eigenvalue weighted by Crippen LogP contribution is -2.23. The van der Waals surface area contributed by atoms with E-state index in [2.05, 4.69) is 20.9 Å². The number of ether oxygens (including phenoxy) is 1. The summed E-state index contributed by atoms with van der Waals surface area (Å²) in [5.41, 5.74) is 8.33. The number of amidine groups is 1. The van der Waals surface area contributed by atoms with Gasteiger partial charge in [0.25, 0.3) is 0 Å². The molecule has 0 amide bonds. The van der Waals surface area contributed by atoms with E-state index in [0.29, 0.717) is 18.8 Å². The van der Waals surface area contributed by atoms with Crippen LogP contribution in [0.5, 0.6) is 0 Å². The van der Waals surface area contributed by atoms with Gasteiger partial charge in [-0.2, -0.15) is 0 Å². The second kappa shape index (κ2) is 9.41. The van der Waals surface area contributed by atoms with Gasteiger partial charge in [-0.1, -0.05) is 24.3 Å². The zero-order valence-electron chi connectivity index (χ0n) is 16.2. The van der Waals surface area contributed by atoms with Crippen molar-refractivity contribution in [2.45, 2.75) is 25.7 Å². The topological polar surface area (TPSA) is 105 Å². The molecule has 148 valence electrons. The number of nitrogens with one attached hydrogen (secondary N) is 1. The van der Waals surface area contributed by atoms with Crippen LogP contribution in [0.25, 0.3) is 11.1 Å². The first-order valence-corrected chi connectivity index (χ1v) is 9.55. The predicted molar refractivity (Wildman–Crippen MR) is 110 cm³/mol. The Kier molecular flexibility index (Phi) is 6.71. The highest BCUT2D eigenvalue weighted by Crippen LogP contribution is 2.24. The number of nitrogens with two attached hydrogens (primary N) is 1. The summed E-state index contributed by atoms with van der Waals surface area (Å²) in [6.07, 6.45) is 5.85. The average molecular weight is 381 g/mol. The zero-order valence-corrected chi connectivity index (χ0v) is 16.2. The first-order valence-electron chi connectivity index (χ1n) is 9.55. The Morgan fingerprint density at radius 1 is 1.32 bits per heavy atom. The van der Waals surface area contributed by atoms with Gasteiger partial charge in [0, 0.05) is 50.5 Å². The van der Waals surface area contributed by atoms with E-state index >= 15 is 0 Å². The molecular weight excluding hydrogens is 354 g/mol. The fourth-order valence-electron chi connectivity index (χ4n) is 3.51. The molecule has 1 aromatic heterocycles. The maximum absolute atomic E-state index is 11.8. The molecule has 0 bridgehead atoms. The molecule has 0 saturated carbocycles. The Morgan fingerprint density at radius 2 is 2.11 bits per heavy atom. The smallest absolute Gasteiger partial charge is 0.225 e. The number of aromatic nitrogens is 2. The summed E-state index contributed by atoms with van der Waals surface area (Å²) in [6, 6.07) is 8.05. The third-order valence-electron chi connectivity index (χ3n) is 4.95. The second-order valence-electron chi connectivity index (χ2n) is 7.27. The molecule has 0 spiro atoms. The number of benzene rings is 1. The van der Waals surface area contributed by atoms with Gasteiger partial charge < -0.3 is 15.4 Å². The number of rotatable bonds is 9. The van der Waals surface area contributed by atoms with Gasteiger partial charge in [-0.25, -0.2) is 9.97 Å². The van der Waals surface area contributed by atoms with Gasteiger partial charge in [0.2, 0.25) is 5.95 Å². The van der Waals surface area contributed by atoms with Gasteiger partial charge >= 0.3 is 0 Å². The van der Waals surface area contributed by atoms with Crippen LogP contribution in [0.3, 0.4) is 0 Å². The quantitative estimate of drug-likeness (QED) is 0.511. The molecule has 28 heavy (non-hydrogen) atoms. The average Bonchev–Trinajstić information content (AvgIpc) is 3.15. The Balaban J connectivity index is 1.62. The van der Waals surface area contributed by atoms with Crippen molar-refractivity contribution in [2.24, 2.45) is 11.7 Å². The van der Waals surface area contributed by atoms with Gasteiger partial charge in [-0.05, 0) is 24.0 Å². The van der Waals surface area contributed by atoms with Crippen molar-refractivity contribution in [3.05, 3.63) is 42.2 Å². The standard InChI is InChI=1S/C21H27N5O2/c1-28-14-16-7-8-26(13-16)21-24-11-18(12-25-21)17-4-2-3-15(9-17)5-6-19(27)10-20(22)23/h2-4,9,11-12,16H,5-8,10,13-14H2,1H3,(H3,22,23). The van der Waals surface area contributed by atoms with E-state index < -0.39 is 0 Å². The van der Waals surface area contributed by atoms with Crippen LogP contribution in [0.2, 0.25) is 0 Å². The van der Waals surface area contributed by atoms with E-state index in [1.165, 1.54) is 0 Å². The molecule has 1 saturated heterocycles. The van der Waals surface area contributed by atoms with Crippen molar-refractivity contribution < 1.29 is 9.53 Å². The van der Waals surface area contributed by atoms with E-state index in [4.69, 9.17) is 15.9 Å². The monoisotopic (exact) mass is 381 g/mol. The highest BCUT2D eigenvalue weighted by Gasteiger charge is 2.24. The highest BCUT2D eigenvalue weighted by molar-refractivity contribution is 5.98. The third-order valence-corrected chi connectivity index (χ3v) is 4.95. The molecule has 7 nitrogen and oxygen atoms in total. The third kappa shape index (κ3) is 5.36. The van der Waals surface area contributed by atoms with E-state index in [-0.39, 0.29) is 18.0 Å². The summed E-state index contributed by atoms with van der Waals surface area (Å²) in [5, 5.41) is 7.20. The van der Waals surface area contributed by atoms with E-state index in [0.717, 1.165) is 48.8 Å². The molecule has 7 heteroatoms. The molecule has 0 aliphatic carbocycles. The van der Waals surface area contributed by atoms with Gasteiger partial charge in [0.15, 0.2) is 0 Å². The first-order chi connectivity index (χ1) is 13.5. The first kappa shape index (κ1) is 19.9. The molecule has 1 aliphatic heterocycles. The fourth-order valence-corrected chi connectivity index (χ4v) is 3.51. The van der Waals surface area contributed by atoms with Crippen LogP contribution < -0.4 is 10.6 Å². The summed E-state index contributed by atoms with van der Waals surface area (Å²) in [6.45, 7) is 2.66. The molecule has 1 unspecified atom stereocenters. The SMILES string of the molecule is COCC1CCN(c2ncc(-c3cccc(CCC(=O)CC(=N)N)c3)cn2)C1. The second-order valence-corrected chi connectivity index (χ2v) is 7.27. The van der Waals surface area contributed by atoms with Crippen molar-refractivity contribution in [2.75, 3.05) is 31.7 Å². The van der Waals surface area contributed by atoms with E-state index in [1.54, 1.807) is 7.11 Å². The minimum Gasteiger partial charge on any atom is -0.387 e. The van der Waals surface area contributed by atoms with Crippen LogP contribution in [-0.4, -0.2) is 48.4 Å². The Labute approximate surface area is 165 Å². The minimum atomic E-state index is -0.0810. The molecule has 2 aromatic rings. The highest BCUT2D eigenvalue weighted by atomic mass is 16.5. The molecule has 1 fully saturated rings. The predicted octanol–water partition coefficient (Wildman–Crippen LogP) is 2.44. The number of Topliss-reactive ketones (excluding diaryl/α,β-unsaturated/α-hetero) is 1. The zero-order chi connectivity index (χ0) is 19.9. The summed E-state index contributed by atoms with van der Waals surface area (Å²) >= 11 is 0. The lowest BCUT2D eigenvalue weighted by atomic mass is 10.0. The number of hydrogen-bond acceptors (Lipinski definition) is 6. The van der Waals surface area contributed by atoms with Gasteiger partial charge in [0.05, 0.1) is 18.9 Å². The number of aryl methyl sites for hydroxylation is 1. The number of anilines is 1. The van der Waals surface area contributed by atoms with Gasteiger partial charge in [-0.15, -0.1) is 0 Å². The maximum Gasteiger partial charge on any atom is 0.225 e. The molecule has 0 radical (unpaired) electrons. The van der Waals surface area contributed by atoms with Crippen molar-refractivity contribution >= 4 is 17.6 Å². The number of methoxy groups -OCH3 is 1. The fraction of sp³-hybridized carbons (Fsp3) is 0.429. The van der Waals surface area contributed by atoms with Crippen LogP contribution in [0, 0.1) is 11.3 Å². The molecule has 3 N–H and O–H groups in total. The molecular formula is C21H27N5O2. The van der Waals surface area contributed by atoms with Crippen molar-refractivity contribution in [1.82, 2.24) is 9.97 Å². The summed E-state index contributed by atoms with van der Waals surface area (Å²) < 4.78 is 5.25. The van der Waals surface area contributed by atoms with Crippen LogP contribution in [-0.2, 0) is 16.0 Å². The Hall–Kier alpha value is -2.80. The number of hydrogen-bond donors (Lipinski definition) is 2. The molecule has 1 aromatic carbocycles. The molecule has 3 rings (SSSR count). The summed E-state index contributed by atoms with van der Waals surface area (Å²) in [7, 11) is 1.74. The Morgan fingerprint density at radius 3 is 2.82 bits per heavy atom. The minimum absolute atomic E-state index is 0.0111. The van der Waals surface area contributed by atoms with Crippen molar-refractivity contribution in [1.29, 1.82) is 5.41 Å². The lowest BCUT2D eigenvalue weighted by Gasteiger charge is -2.16.